The average molecular weight is 263 g/mol. The van der Waals surface area contributed by atoms with E-state index in [1.807, 2.05) is 31.2 Å². The van der Waals surface area contributed by atoms with Crippen molar-refractivity contribution < 1.29 is 4.79 Å². The molecule has 0 aliphatic heterocycles. The summed E-state index contributed by atoms with van der Waals surface area (Å²) in [5.41, 5.74) is 7.54. The summed E-state index contributed by atoms with van der Waals surface area (Å²) in [6.45, 7) is 2.00. The summed E-state index contributed by atoms with van der Waals surface area (Å²) < 4.78 is 0. The monoisotopic (exact) mass is 263 g/mol. The second-order valence-electron chi connectivity index (χ2n) is 4.68. The summed E-state index contributed by atoms with van der Waals surface area (Å²) in [7, 11) is 0. The molecule has 0 spiro atoms. The molecule has 1 unspecified atom stereocenters. The SMILES string of the molecule is Cc1ccc(NC(=O)NC(C(N)=S)C2CC2)cc1. The molecule has 96 valence electrons. The van der Waals surface area contributed by atoms with Gasteiger partial charge in [-0.3, -0.25) is 0 Å². The van der Waals surface area contributed by atoms with E-state index in [1.165, 1.54) is 0 Å². The van der Waals surface area contributed by atoms with Crippen LogP contribution in [-0.2, 0) is 0 Å². The van der Waals surface area contributed by atoms with Crippen molar-refractivity contribution in [2.45, 2.75) is 25.8 Å². The van der Waals surface area contributed by atoms with Crippen LogP contribution in [0.25, 0.3) is 0 Å². The molecular weight excluding hydrogens is 246 g/mol. The molecule has 1 fully saturated rings. The molecule has 0 radical (unpaired) electrons. The van der Waals surface area contributed by atoms with Gasteiger partial charge in [0.05, 0.1) is 11.0 Å². The fourth-order valence-corrected chi connectivity index (χ4v) is 2.05. The topological polar surface area (TPSA) is 67.2 Å². The van der Waals surface area contributed by atoms with E-state index >= 15 is 0 Å². The van der Waals surface area contributed by atoms with Crippen LogP contribution >= 0.6 is 12.2 Å². The van der Waals surface area contributed by atoms with Gasteiger partial charge in [-0.05, 0) is 37.8 Å². The molecule has 1 aromatic carbocycles. The Morgan fingerprint density at radius 2 is 2.00 bits per heavy atom. The van der Waals surface area contributed by atoms with Gasteiger partial charge in [0.2, 0.25) is 0 Å². The Morgan fingerprint density at radius 1 is 1.39 bits per heavy atom. The van der Waals surface area contributed by atoms with Crippen LogP contribution < -0.4 is 16.4 Å². The number of nitrogens with two attached hydrogens (primary N) is 1. The van der Waals surface area contributed by atoms with Gasteiger partial charge in [-0.1, -0.05) is 29.9 Å². The van der Waals surface area contributed by atoms with Crippen molar-refractivity contribution in [3.8, 4) is 0 Å². The van der Waals surface area contributed by atoms with Gasteiger partial charge < -0.3 is 16.4 Å². The lowest BCUT2D eigenvalue weighted by atomic mass is 10.2. The van der Waals surface area contributed by atoms with Crippen molar-refractivity contribution in [2.75, 3.05) is 5.32 Å². The summed E-state index contributed by atoms with van der Waals surface area (Å²) in [6.07, 6.45) is 2.15. The number of carbonyl (C=O) groups is 1. The number of rotatable bonds is 4. The highest BCUT2D eigenvalue weighted by atomic mass is 32.1. The molecule has 18 heavy (non-hydrogen) atoms. The van der Waals surface area contributed by atoms with E-state index in [4.69, 9.17) is 18.0 Å². The predicted molar refractivity (Wildman–Crippen MR) is 76.6 cm³/mol. The molecule has 1 atom stereocenters. The van der Waals surface area contributed by atoms with Gasteiger partial charge in [0.25, 0.3) is 0 Å². The number of benzene rings is 1. The molecule has 0 saturated heterocycles. The average Bonchev–Trinajstić information content (AvgIpc) is 3.13. The third-order valence-corrected chi connectivity index (χ3v) is 3.25. The second-order valence-corrected chi connectivity index (χ2v) is 5.15. The lowest BCUT2D eigenvalue weighted by Gasteiger charge is -2.17. The van der Waals surface area contributed by atoms with E-state index in [1.54, 1.807) is 0 Å². The minimum absolute atomic E-state index is 0.189. The van der Waals surface area contributed by atoms with Gasteiger partial charge in [-0.2, -0.15) is 0 Å². The standard InChI is InChI=1S/C13H17N3OS/c1-8-2-6-10(7-3-8)15-13(17)16-11(12(14)18)9-4-5-9/h2-3,6-7,9,11H,4-5H2,1H3,(H2,14,18)(H2,15,16,17). The number of amides is 2. The van der Waals surface area contributed by atoms with E-state index in [0.717, 1.165) is 24.1 Å². The first-order chi connectivity index (χ1) is 8.56. The Balaban J connectivity index is 1.91. The zero-order valence-corrected chi connectivity index (χ0v) is 11.1. The van der Waals surface area contributed by atoms with Crippen molar-refractivity contribution in [1.29, 1.82) is 0 Å². The third-order valence-electron chi connectivity index (χ3n) is 3.00. The first kappa shape index (κ1) is 12.8. The first-order valence-corrected chi connectivity index (χ1v) is 6.40. The third kappa shape index (κ3) is 3.43. The smallest absolute Gasteiger partial charge is 0.319 e. The maximum absolute atomic E-state index is 11.8. The molecule has 0 aromatic heterocycles. The Hall–Kier alpha value is -1.62. The number of urea groups is 1. The molecule has 4 N–H and O–H groups in total. The minimum Gasteiger partial charge on any atom is -0.392 e. The number of carbonyl (C=O) groups excluding carboxylic acids is 1. The lowest BCUT2D eigenvalue weighted by molar-refractivity contribution is 0.250. The molecule has 1 aliphatic rings. The Kier molecular flexibility index (Phi) is 3.81. The van der Waals surface area contributed by atoms with Crippen LogP contribution in [0, 0.1) is 12.8 Å². The Bertz CT molecular complexity index is 454. The summed E-state index contributed by atoms with van der Waals surface area (Å²) in [4.78, 5) is 12.2. The highest BCUT2D eigenvalue weighted by Gasteiger charge is 2.34. The molecule has 0 bridgehead atoms. The molecule has 1 aromatic rings. The van der Waals surface area contributed by atoms with E-state index in [2.05, 4.69) is 10.6 Å². The molecule has 1 saturated carbocycles. The highest BCUT2D eigenvalue weighted by molar-refractivity contribution is 7.80. The summed E-state index contributed by atoms with van der Waals surface area (Å²) >= 11 is 4.97. The van der Waals surface area contributed by atoms with Crippen LogP contribution in [0.15, 0.2) is 24.3 Å². The molecule has 2 amide bonds. The Labute approximate surface area is 112 Å². The predicted octanol–water partition coefficient (Wildman–Crippen LogP) is 2.18. The normalized spacial score (nSPS) is 15.8. The number of anilines is 1. The van der Waals surface area contributed by atoms with E-state index in [9.17, 15) is 4.79 Å². The van der Waals surface area contributed by atoms with Crippen LogP contribution in [0.3, 0.4) is 0 Å². The maximum atomic E-state index is 11.8. The fourth-order valence-electron chi connectivity index (χ4n) is 1.80. The largest absolute Gasteiger partial charge is 0.392 e. The number of nitrogens with one attached hydrogen (secondary N) is 2. The summed E-state index contributed by atoms with van der Waals surface area (Å²) in [6, 6.07) is 7.17. The van der Waals surface area contributed by atoms with E-state index < -0.39 is 0 Å². The highest BCUT2D eigenvalue weighted by Crippen LogP contribution is 2.32. The fraction of sp³-hybridized carbons (Fsp3) is 0.385. The van der Waals surface area contributed by atoms with Gasteiger partial charge in [-0.15, -0.1) is 0 Å². The number of aryl methyl sites for hydroxylation is 1. The number of thiocarbonyl (C=S) groups is 1. The zero-order valence-electron chi connectivity index (χ0n) is 10.3. The molecule has 4 nitrogen and oxygen atoms in total. The van der Waals surface area contributed by atoms with Gasteiger partial charge in [0.15, 0.2) is 0 Å². The van der Waals surface area contributed by atoms with Crippen molar-refractivity contribution in [3.05, 3.63) is 29.8 Å². The zero-order chi connectivity index (χ0) is 13.1. The van der Waals surface area contributed by atoms with Crippen LogP contribution in [0.5, 0.6) is 0 Å². The van der Waals surface area contributed by atoms with Crippen LogP contribution in [0.2, 0.25) is 0 Å². The van der Waals surface area contributed by atoms with E-state index in [-0.39, 0.29) is 12.1 Å². The van der Waals surface area contributed by atoms with Crippen molar-refractivity contribution >= 4 is 28.9 Å². The van der Waals surface area contributed by atoms with Gasteiger partial charge in [0.1, 0.15) is 0 Å². The van der Waals surface area contributed by atoms with E-state index in [0.29, 0.717) is 10.9 Å². The number of hydrogen-bond donors (Lipinski definition) is 3. The maximum Gasteiger partial charge on any atom is 0.319 e. The van der Waals surface area contributed by atoms with Gasteiger partial charge in [0, 0.05) is 5.69 Å². The first-order valence-electron chi connectivity index (χ1n) is 6.00. The van der Waals surface area contributed by atoms with Gasteiger partial charge in [-0.25, -0.2) is 4.79 Å². The molecule has 2 rings (SSSR count). The van der Waals surface area contributed by atoms with Crippen LogP contribution in [0.1, 0.15) is 18.4 Å². The van der Waals surface area contributed by atoms with Gasteiger partial charge >= 0.3 is 6.03 Å². The quantitative estimate of drug-likeness (QED) is 0.729. The molecule has 1 aliphatic carbocycles. The minimum atomic E-state index is -0.261. The van der Waals surface area contributed by atoms with Crippen molar-refractivity contribution in [2.24, 2.45) is 11.7 Å². The lowest BCUT2D eigenvalue weighted by Crippen LogP contribution is -2.46. The summed E-state index contributed by atoms with van der Waals surface area (Å²) in [5.74, 6) is 0.409. The second kappa shape index (κ2) is 5.35. The molecule has 5 heteroatoms. The van der Waals surface area contributed by atoms with Crippen molar-refractivity contribution in [3.63, 3.8) is 0 Å². The summed E-state index contributed by atoms with van der Waals surface area (Å²) in [5, 5.41) is 5.60. The molecule has 0 heterocycles. The number of hydrogen-bond acceptors (Lipinski definition) is 2. The molecular formula is C13H17N3OS. The van der Waals surface area contributed by atoms with Crippen molar-refractivity contribution in [1.82, 2.24) is 5.32 Å². The van der Waals surface area contributed by atoms with Crippen LogP contribution in [-0.4, -0.2) is 17.1 Å². The Morgan fingerprint density at radius 3 is 2.50 bits per heavy atom. The van der Waals surface area contributed by atoms with Crippen LogP contribution in [0.4, 0.5) is 10.5 Å².